The standard InChI is InChI=1S/C15H26N2O2S/c1-5-15(3)14(19)17(10(2)13(18)16-15)11-6-8-12(20-4)9-7-11/h10-12H,5-9H2,1-4H3,(H,16,18). The lowest BCUT2D eigenvalue weighted by atomic mass is 9.87. The van der Waals surface area contributed by atoms with E-state index in [0.717, 1.165) is 25.7 Å². The molecule has 2 fully saturated rings. The van der Waals surface area contributed by atoms with Crippen LogP contribution < -0.4 is 5.32 Å². The number of rotatable bonds is 3. The summed E-state index contributed by atoms with van der Waals surface area (Å²) in [6, 6.07) is -0.101. The summed E-state index contributed by atoms with van der Waals surface area (Å²) in [6.45, 7) is 5.65. The van der Waals surface area contributed by atoms with Crippen LogP contribution in [-0.4, -0.2) is 45.8 Å². The van der Waals surface area contributed by atoms with E-state index >= 15 is 0 Å². The number of piperazine rings is 1. The molecule has 0 spiro atoms. The van der Waals surface area contributed by atoms with Gasteiger partial charge in [-0.1, -0.05) is 6.92 Å². The van der Waals surface area contributed by atoms with Crippen molar-refractivity contribution in [2.45, 2.75) is 75.7 Å². The molecule has 0 radical (unpaired) electrons. The molecule has 0 aromatic carbocycles. The second-order valence-corrected chi connectivity index (χ2v) is 7.37. The first-order valence-corrected chi connectivity index (χ1v) is 8.89. The van der Waals surface area contributed by atoms with Gasteiger partial charge in [0, 0.05) is 11.3 Å². The SMILES string of the molecule is CCC1(C)NC(=O)C(C)N(C2CCC(SC)CC2)C1=O. The zero-order valence-corrected chi connectivity index (χ0v) is 13.8. The fraction of sp³-hybridized carbons (Fsp3) is 0.867. The number of hydrogen-bond acceptors (Lipinski definition) is 3. The fourth-order valence-corrected chi connectivity index (χ4v) is 4.04. The molecule has 114 valence electrons. The number of amides is 2. The molecule has 2 unspecified atom stereocenters. The molecule has 1 heterocycles. The first kappa shape index (κ1) is 15.7. The number of carbonyl (C=O) groups is 2. The van der Waals surface area contributed by atoms with Gasteiger partial charge in [-0.25, -0.2) is 0 Å². The minimum Gasteiger partial charge on any atom is -0.340 e. The zero-order valence-electron chi connectivity index (χ0n) is 12.9. The van der Waals surface area contributed by atoms with E-state index in [1.807, 2.05) is 37.4 Å². The van der Waals surface area contributed by atoms with Gasteiger partial charge < -0.3 is 10.2 Å². The van der Waals surface area contributed by atoms with E-state index in [4.69, 9.17) is 0 Å². The lowest BCUT2D eigenvalue weighted by Gasteiger charge is -2.48. The van der Waals surface area contributed by atoms with Gasteiger partial charge in [0.2, 0.25) is 11.8 Å². The van der Waals surface area contributed by atoms with Gasteiger partial charge in [0.1, 0.15) is 11.6 Å². The van der Waals surface area contributed by atoms with Gasteiger partial charge in [-0.15, -0.1) is 0 Å². The van der Waals surface area contributed by atoms with Crippen molar-refractivity contribution in [2.24, 2.45) is 0 Å². The molecule has 0 aromatic rings. The third-order valence-corrected chi connectivity index (χ3v) is 6.12. The average molecular weight is 298 g/mol. The second-order valence-electron chi connectivity index (χ2n) is 6.23. The molecule has 2 amide bonds. The molecule has 0 bridgehead atoms. The molecule has 2 rings (SSSR count). The highest BCUT2D eigenvalue weighted by molar-refractivity contribution is 7.99. The van der Waals surface area contributed by atoms with Crippen molar-refractivity contribution < 1.29 is 9.59 Å². The van der Waals surface area contributed by atoms with E-state index in [9.17, 15) is 9.59 Å². The molecular formula is C15H26N2O2S. The maximum absolute atomic E-state index is 12.8. The van der Waals surface area contributed by atoms with Crippen LogP contribution in [0.4, 0.5) is 0 Å². The van der Waals surface area contributed by atoms with E-state index in [0.29, 0.717) is 11.7 Å². The first-order valence-electron chi connectivity index (χ1n) is 7.60. The average Bonchev–Trinajstić information content (AvgIpc) is 2.46. The Morgan fingerprint density at radius 3 is 2.40 bits per heavy atom. The van der Waals surface area contributed by atoms with Gasteiger partial charge in [0.25, 0.3) is 0 Å². The van der Waals surface area contributed by atoms with Crippen LogP contribution in [0.1, 0.15) is 52.9 Å². The van der Waals surface area contributed by atoms with Crippen molar-refractivity contribution in [1.82, 2.24) is 10.2 Å². The monoisotopic (exact) mass is 298 g/mol. The molecule has 1 saturated carbocycles. The minimum atomic E-state index is -0.722. The van der Waals surface area contributed by atoms with Crippen LogP contribution in [0.5, 0.6) is 0 Å². The van der Waals surface area contributed by atoms with Crippen LogP contribution in [-0.2, 0) is 9.59 Å². The van der Waals surface area contributed by atoms with Crippen molar-refractivity contribution in [2.75, 3.05) is 6.26 Å². The quantitative estimate of drug-likeness (QED) is 0.869. The van der Waals surface area contributed by atoms with Gasteiger partial charge in [-0.2, -0.15) is 11.8 Å². The molecular weight excluding hydrogens is 272 g/mol. The van der Waals surface area contributed by atoms with Gasteiger partial charge in [-0.3, -0.25) is 9.59 Å². The Bertz CT molecular complexity index is 393. The summed E-state index contributed by atoms with van der Waals surface area (Å²) in [5.41, 5.74) is -0.722. The van der Waals surface area contributed by atoms with Crippen LogP contribution in [0.15, 0.2) is 0 Å². The topological polar surface area (TPSA) is 49.4 Å². The van der Waals surface area contributed by atoms with Crippen LogP contribution in [0, 0.1) is 0 Å². The summed E-state index contributed by atoms with van der Waals surface area (Å²) < 4.78 is 0. The molecule has 1 N–H and O–H groups in total. The third-order valence-electron chi connectivity index (χ3n) is 4.98. The van der Waals surface area contributed by atoms with Gasteiger partial charge in [0.15, 0.2) is 0 Å². The normalized spacial score (nSPS) is 38.8. The minimum absolute atomic E-state index is 0.0130. The summed E-state index contributed by atoms with van der Waals surface area (Å²) in [5.74, 6) is 0.0839. The zero-order chi connectivity index (χ0) is 14.9. The summed E-state index contributed by atoms with van der Waals surface area (Å²) in [5, 5.41) is 3.61. The van der Waals surface area contributed by atoms with Crippen LogP contribution in [0.25, 0.3) is 0 Å². The van der Waals surface area contributed by atoms with Crippen molar-refractivity contribution in [3.05, 3.63) is 0 Å². The lowest BCUT2D eigenvalue weighted by Crippen LogP contribution is -2.70. The molecule has 1 saturated heterocycles. The number of hydrogen-bond donors (Lipinski definition) is 1. The van der Waals surface area contributed by atoms with E-state index in [1.54, 1.807) is 0 Å². The van der Waals surface area contributed by atoms with Crippen LogP contribution in [0.3, 0.4) is 0 Å². The summed E-state index contributed by atoms with van der Waals surface area (Å²) in [7, 11) is 0. The Labute approximate surface area is 126 Å². The summed E-state index contributed by atoms with van der Waals surface area (Å²) >= 11 is 1.92. The van der Waals surface area contributed by atoms with Gasteiger partial charge in [0.05, 0.1) is 0 Å². The molecule has 1 aliphatic heterocycles. The summed E-state index contributed by atoms with van der Waals surface area (Å²) in [4.78, 5) is 26.8. The van der Waals surface area contributed by atoms with Crippen LogP contribution >= 0.6 is 11.8 Å². The number of thioether (sulfide) groups is 1. The first-order chi connectivity index (χ1) is 9.42. The van der Waals surface area contributed by atoms with E-state index in [-0.39, 0.29) is 23.9 Å². The Balaban J connectivity index is 2.16. The highest BCUT2D eigenvalue weighted by Gasteiger charge is 2.47. The highest BCUT2D eigenvalue weighted by atomic mass is 32.2. The molecule has 0 aromatic heterocycles. The molecule has 2 atom stereocenters. The Morgan fingerprint density at radius 2 is 1.90 bits per heavy atom. The maximum Gasteiger partial charge on any atom is 0.248 e. The Kier molecular flexibility index (Phi) is 4.67. The largest absolute Gasteiger partial charge is 0.340 e. The van der Waals surface area contributed by atoms with Crippen molar-refractivity contribution in [3.8, 4) is 0 Å². The third kappa shape index (κ3) is 2.69. The van der Waals surface area contributed by atoms with E-state index in [2.05, 4.69) is 11.6 Å². The van der Waals surface area contributed by atoms with Gasteiger partial charge in [-0.05, 0) is 52.2 Å². The van der Waals surface area contributed by atoms with Gasteiger partial charge >= 0.3 is 0 Å². The highest BCUT2D eigenvalue weighted by Crippen LogP contribution is 2.33. The molecule has 2 aliphatic rings. The van der Waals surface area contributed by atoms with Crippen LogP contribution in [0.2, 0.25) is 0 Å². The number of nitrogens with one attached hydrogen (secondary N) is 1. The Morgan fingerprint density at radius 1 is 1.30 bits per heavy atom. The molecule has 20 heavy (non-hydrogen) atoms. The predicted molar refractivity (Wildman–Crippen MR) is 82.7 cm³/mol. The molecule has 4 nitrogen and oxygen atoms in total. The van der Waals surface area contributed by atoms with Crippen molar-refractivity contribution in [3.63, 3.8) is 0 Å². The van der Waals surface area contributed by atoms with E-state index < -0.39 is 5.54 Å². The van der Waals surface area contributed by atoms with Crippen molar-refractivity contribution >= 4 is 23.6 Å². The molecule has 5 heteroatoms. The smallest absolute Gasteiger partial charge is 0.248 e. The summed E-state index contributed by atoms with van der Waals surface area (Å²) in [6.07, 6.45) is 7.13. The van der Waals surface area contributed by atoms with E-state index in [1.165, 1.54) is 0 Å². The predicted octanol–water partition coefficient (Wildman–Crippen LogP) is 2.18. The number of carbonyl (C=O) groups excluding carboxylic acids is 2. The maximum atomic E-state index is 12.8. The fourth-order valence-electron chi connectivity index (χ4n) is 3.30. The van der Waals surface area contributed by atoms with Crippen molar-refractivity contribution in [1.29, 1.82) is 0 Å². The number of nitrogens with zero attached hydrogens (tertiary/aromatic N) is 1. The molecule has 1 aliphatic carbocycles. The Hall–Kier alpha value is -0.710. The lowest BCUT2D eigenvalue weighted by molar-refractivity contribution is -0.157. The second kappa shape index (κ2) is 5.96.